The first-order chi connectivity index (χ1) is 9.15. The maximum absolute atomic E-state index is 10.2. The number of rotatable bonds is 4. The van der Waals surface area contributed by atoms with Crippen molar-refractivity contribution in [3.63, 3.8) is 0 Å². The molecule has 0 fully saturated rings. The van der Waals surface area contributed by atoms with Crippen LogP contribution in [0, 0.1) is 13.8 Å². The van der Waals surface area contributed by atoms with Gasteiger partial charge in [-0.05, 0) is 60.6 Å². The number of hydrogen-bond donors (Lipinski definition) is 1. The van der Waals surface area contributed by atoms with Crippen LogP contribution in [0.2, 0.25) is 0 Å². The Morgan fingerprint density at radius 3 is 2.37 bits per heavy atom. The SMILES string of the molecule is CCCCc1c(O)cc(C)c(-c2ccccc2)c1C. The molecule has 1 nitrogen and oxygen atoms in total. The molecular weight excluding hydrogens is 232 g/mol. The molecule has 0 aliphatic heterocycles. The lowest BCUT2D eigenvalue weighted by molar-refractivity contribution is 0.466. The van der Waals surface area contributed by atoms with Gasteiger partial charge in [-0.15, -0.1) is 0 Å². The molecular formula is C18H22O. The van der Waals surface area contributed by atoms with Crippen LogP contribution in [0.15, 0.2) is 36.4 Å². The number of hydrogen-bond acceptors (Lipinski definition) is 1. The van der Waals surface area contributed by atoms with Crippen molar-refractivity contribution in [1.82, 2.24) is 0 Å². The lowest BCUT2D eigenvalue weighted by Crippen LogP contribution is -1.97. The van der Waals surface area contributed by atoms with Crippen molar-refractivity contribution in [2.24, 2.45) is 0 Å². The van der Waals surface area contributed by atoms with Gasteiger partial charge >= 0.3 is 0 Å². The van der Waals surface area contributed by atoms with E-state index in [1.165, 1.54) is 16.7 Å². The fourth-order valence-electron chi connectivity index (χ4n) is 2.72. The van der Waals surface area contributed by atoms with Crippen molar-refractivity contribution >= 4 is 0 Å². The molecule has 2 aromatic rings. The molecule has 19 heavy (non-hydrogen) atoms. The Labute approximate surface area is 115 Å². The standard InChI is InChI=1S/C18H22O/c1-4-5-11-16-14(3)18(13(2)12-17(16)19)15-9-7-6-8-10-15/h6-10,12,19H,4-5,11H2,1-3H3. The summed E-state index contributed by atoms with van der Waals surface area (Å²) >= 11 is 0. The third-order valence-electron chi connectivity index (χ3n) is 3.73. The molecule has 2 aromatic carbocycles. The van der Waals surface area contributed by atoms with Crippen LogP contribution in [0.5, 0.6) is 5.75 Å². The summed E-state index contributed by atoms with van der Waals surface area (Å²) in [5.74, 6) is 0.447. The second-order valence-corrected chi connectivity index (χ2v) is 5.16. The zero-order chi connectivity index (χ0) is 13.8. The minimum absolute atomic E-state index is 0.447. The third kappa shape index (κ3) is 2.81. The quantitative estimate of drug-likeness (QED) is 0.812. The van der Waals surface area contributed by atoms with E-state index in [1.807, 2.05) is 12.1 Å². The summed E-state index contributed by atoms with van der Waals surface area (Å²) < 4.78 is 0. The summed E-state index contributed by atoms with van der Waals surface area (Å²) in [7, 11) is 0. The Hall–Kier alpha value is -1.76. The van der Waals surface area contributed by atoms with Crippen molar-refractivity contribution in [1.29, 1.82) is 0 Å². The van der Waals surface area contributed by atoms with Gasteiger partial charge in [0.15, 0.2) is 0 Å². The van der Waals surface area contributed by atoms with Crippen molar-refractivity contribution < 1.29 is 5.11 Å². The van der Waals surface area contributed by atoms with E-state index in [-0.39, 0.29) is 0 Å². The molecule has 0 aliphatic rings. The normalized spacial score (nSPS) is 10.7. The van der Waals surface area contributed by atoms with Gasteiger partial charge in [0.25, 0.3) is 0 Å². The summed E-state index contributed by atoms with van der Waals surface area (Å²) in [6.45, 7) is 6.37. The van der Waals surface area contributed by atoms with Gasteiger partial charge in [0.05, 0.1) is 0 Å². The van der Waals surface area contributed by atoms with E-state index < -0.39 is 0 Å². The highest BCUT2D eigenvalue weighted by atomic mass is 16.3. The van der Waals surface area contributed by atoms with Crippen LogP contribution in [-0.2, 0) is 6.42 Å². The minimum Gasteiger partial charge on any atom is -0.508 e. The molecule has 1 heteroatoms. The summed E-state index contributed by atoms with van der Waals surface area (Å²) in [5, 5.41) is 10.2. The Bertz CT molecular complexity index is 556. The number of unbranched alkanes of at least 4 members (excludes halogenated alkanes) is 1. The van der Waals surface area contributed by atoms with Crippen LogP contribution < -0.4 is 0 Å². The number of phenolic OH excluding ortho intramolecular Hbond substituents is 1. The molecule has 0 amide bonds. The van der Waals surface area contributed by atoms with Gasteiger partial charge in [0.2, 0.25) is 0 Å². The minimum atomic E-state index is 0.447. The topological polar surface area (TPSA) is 20.2 Å². The smallest absolute Gasteiger partial charge is 0.119 e. The maximum Gasteiger partial charge on any atom is 0.119 e. The Kier molecular flexibility index (Phi) is 4.26. The summed E-state index contributed by atoms with van der Waals surface area (Å²) in [4.78, 5) is 0. The van der Waals surface area contributed by atoms with Crippen LogP contribution >= 0.6 is 0 Å². The maximum atomic E-state index is 10.2. The number of benzene rings is 2. The highest BCUT2D eigenvalue weighted by Gasteiger charge is 2.13. The lowest BCUT2D eigenvalue weighted by atomic mass is 9.90. The predicted octanol–water partition coefficient (Wildman–Crippen LogP) is 5.02. The van der Waals surface area contributed by atoms with E-state index in [0.717, 1.165) is 30.4 Å². The summed E-state index contributed by atoms with van der Waals surface area (Å²) in [6.07, 6.45) is 3.22. The lowest BCUT2D eigenvalue weighted by Gasteiger charge is -2.16. The molecule has 0 atom stereocenters. The molecule has 0 aliphatic carbocycles. The van der Waals surface area contributed by atoms with E-state index in [2.05, 4.69) is 45.0 Å². The van der Waals surface area contributed by atoms with E-state index in [1.54, 1.807) is 0 Å². The van der Waals surface area contributed by atoms with Gasteiger partial charge in [0.1, 0.15) is 5.75 Å². The van der Waals surface area contributed by atoms with Gasteiger partial charge < -0.3 is 5.11 Å². The third-order valence-corrected chi connectivity index (χ3v) is 3.73. The molecule has 0 bridgehead atoms. The first-order valence-electron chi connectivity index (χ1n) is 7.02. The van der Waals surface area contributed by atoms with Crippen molar-refractivity contribution in [2.45, 2.75) is 40.0 Å². The van der Waals surface area contributed by atoms with E-state index in [9.17, 15) is 5.11 Å². The molecule has 0 aromatic heterocycles. The van der Waals surface area contributed by atoms with Gasteiger partial charge in [-0.3, -0.25) is 0 Å². The highest BCUT2D eigenvalue weighted by molar-refractivity contribution is 5.73. The van der Waals surface area contributed by atoms with Crippen molar-refractivity contribution in [3.8, 4) is 16.9 Å². The van der Waals surface area contributed by atoms with Crippen LogP contribution in [-0.4, -0.2) is 5.11 Å². The number of aromatic hydroxyl groups is 1. The van der Waals surface area contributed by atoms with E-state index in [0.29, 0.717) is 5.75 Å². The molecule has 0 spiro atoms. The molecule has 0 saturated heterocycles. The van der Waals surface area contributed by atoms with Crippen molar-refractivity contribution in [3.05, 3.63) is 53.1 Å². The number of aryl methyl sites for hydroxylation is 1. The van der Waals surface area contributed by atoms with Gasteiger partial charge in [-0.2, -0.15) is 0 Å². The second-order valence-electron chi connectivity index (χ2n) is 5.16. The highest BCUT2D eigenvalue weighted by Crippen LogP contribution is 2.35. The van der Waals surface area contributed by atoms with Gasteiger partial charge in [-0.1, -0.05) is 43.7 Å². The average molecular weight is 254 g/mol. The Morgan fingerprint density at radius 1 is 1.05 bits per heavy atom. The first-order valence-corrected chi connectivity index (χ1v) is 7.02. The number of phenols is 1. The van der Waals surface area contributed by atoms with Crippen LogP contribution in [0.1, 0.15) is 36.5 Å². The van der Waals surface area contributed by atoms with E-state index >= 15 is 0 Å². The van der Waals surface area contributed by atoms with Crippen LogP contribution in [0.4, 0.5) is 0 Å². The first kappa shape index (κ1) is 13.7. The Balaban J connectivity index is 2.55. The van der Waals surface area contributed by atoms with Crippen LogP contribution in [0.3, 0.4) is 0 Å². The summed E-state index contributed by atoms with van der Waals surface area (Å²) in [6, 6.07) is 12.3. The van der Waals surface area contributed by atoms with Gasteiger partial charge in [-0.25, -0.2) is 0 Å². The molecule has 1 N–H and O–H groups in total. The molecule has 0 unspecified atom stereocenters. The molecule has 2 rings (SSSR count). The molecule has 100 valence electrons. The van der Waals surface area contributed by atoms with Gasteiger partial charge in [0, 0.05) is 0 Å². The summed E-state index contributed by atoms with van der Waals surface area (Å²) in [5.41, 5.74) is 5.96. The fourth-order valence-corrected chi connectivity index (χ4v) is 2.72. The average Bonchev–Trinajstić information content (AvgIpc) is 2.39. The Morgan fingerprint density at radius 2 is 1.74 bits per heavy atom. The largest absolute Gasteiger partial charge is 0.508 e. The zero-order valence-corrected chi connectivity index (χ0v) is 12.0. The van der Waals surface area contributed by atoms with Crippen molar-refractivity contribution in [2.75, 3.05) is 0 Å². The second kappa shape index (κ2) is 5.92. The predicted molar refractivity (Wildman–Crippen MR) is 81.6 cm³/mol. The molecule has 0 saturated carbocycles. The fraction of sp³-hybridized carbons (Fsp3) is 0.333. The zero-order valence-electron chi connectivity index (χ0n) is 12.0. The molecule has 0 radical (unpaired) electrons. The van der Waals surface area contributed by atoms with E-state index in [4.69, 9.17) is 0 Å². The molecule has 0 heterocycles. The monoisotopic (exact) mass is 254 g/mol. The van der Waals surface area contributed by atoms with Crippen LogP contribution in [0.25, 0.3) is 11.1 Å².